The second kappa shape index (κ2) is 4.23. The summed E-state index contributed by atoms with van der Waals surface area (Å²) in [6.07, 6.45) is 0. The summed E-state index contributed by atoms with van der Waals surface area (Å²) in [7, 11) is 0. The molecule has 0 aliphatic rings. The molecule has 0 aromatic heterocycles. The predicted molar refractivity (Wildman–Crippen MR) is 98.6 cm³/mol. The first-order chi connectivity index (χ1) is 10.4. The Labute approximate surface area is 132 Å². The van der Waals surface area contributed by atoms with Gasteiger partial charge < -0.3 is 0 Å². The Morgan fingerprint density at radius 1 is 0.455 bits per heavy atom. The number of hydrogen-bond donors (Lipinski definition) is 0. The van der Waals surface area contributed by atoms with Crippen molar-refractivity contribution in [3.8, 4) is 0 Å². The standard InChI is InChI=1S/C22H22/c1-11-7-17-8-13(3)18-9-12(2)15(5)19-10-14(4)20(16(11)6)21(17)22(18)19/h7-10H,1-6H3. The SMILES string of the molecule is Cc1cc2c(C)cc3cc(C)c(C)c4c(C)cc(c1C)c2c34. The molecule has 0 bridgehead atoms. The van der Waals surface area contributed by atoms with E-state index in [1.54, 1.807) is 0 Å². The maximum Gasteiger partial charge on any atom is -0.00210 e. The van der Waals surface area contributed by atoms with Gasteiger partial charge in [0.15, 0.2) is 0 Å². The Balaban J connectivity index is 2.49. The van der Waals surface area contributed by atoms with Gasteiger partial charge in [0.2, 0.25) is 0 Å². The summed E-state index contributed by atoms with van der Waals surface area (Å²) in [6, 6.07) is 9.50. The van der Waals surface area contributed by atoms with Gasteiger partial charge in [-0.05, 0) is 107 Å². The fourth-order valence-electron chi connectivity index (χ4n) is 4.12. The van der Waals surface area contributed by atoms with Gasteiger partial charge in [0, 0.05) is 0 Å². The molecule has 22 heavy (non-hydrogen) atoms. The highest BCUT2D eigenvalue weighted by molar-refractivity contribution is 6.26. The van der Waals surface area contributed by atoms with Crippen LogP contribution in [0.15, 0.2) is 24.3 Å². The molecular weight excluding hydrogens is 264 g/mol. The maximum atomic E-state index is 2.40. The molecule has 110 valence electrons. The minimum Gasteiger partial charge on any atom is -0.0511 e. The zero-order valence-corrected chi connectivity index (χ0v) is 14.3. The Morgan fingerprint density at radius 3 is 1.77 bits per heavy atom. The van der Waals surface area contributed by atoms with Gasteiger partial charge in [-0.3, -0.25) is 0 Å². The zero-order valence-electron chi connectivity index (χ0n) is 14.3. The smallest absolute Gasteiger partial charge is 0.00210 e. The lowest BCUT2D eigenvalue weighted by atomic mass is 9.84. The van der Waals surface area contributed by atoms with Crippen molar-refractivity contribution in [3.05, 3.63) is 57.6 Å². The van der Waals surface area contributed by atoms with E-state index in [1.807, 2.05) is 0 Å². The lowest BCUT2D eigenvalue weighted by Crippen LogP contribution is -1.96. The van der Waals surface area contributed by atoms with Gasteiger partial charge in [-0.15, -0.1) is 0 Å². The van der Waals surface area contributed by atoms with Gasteiger partial charge in [-0.25, -0.2) is 0 Å². The monoisotopic (exact) mass is 286 g/mol. The van der Waals surface area contributed by atoms with Crippen LogP contribution in [0.4, 0.5) is 0 Å². The van der Waals surface area contributed by atoms with E-state index < -0.39 is 0 Å². The second-order valence-corrected chi connectivity index (χ2v) is 6.97. The summed E-state index contributed by atoms with van der Waals surface area (Å²) in [5.74, 6) is 0. The van der Waals surface area contributed by atoms with Crippen molar-refractivity contribution in [1.29, 1.82) is 0 Å². The Kier molecular flexibility index (Phi) is 2.61. The lowest BCUT2D eigenvalue weighted by Gasteiger charge is -2.20. The molecule has 0 spiro atoms. The number of rotatable bonds is 0. The van der Waals surface area contributed by atoms with Crippen molar-refractivity contribution in [3.63, 3.8) is 0 Å². The van der Waals surface area contributed by atoms with Crippen LogP contribution in [-0.2, 0) is 0 Å². The highest BCUT2D eigenvalue weighted by Gasteiger charge is 2.16. The third-order valence-corrected chi connectivity index (χ3v) is 5.57. The quantitative estimate of drug-likeness (QED) is 0.326. The third kappa shape index (κ3) is 1.53. The molecule has 0 unspecified atom stereocenters. The summed E-state index contributed by atoms with van der Waals surface area (Å²) in [4.78, 5) is 0. The molecule has 0 aliphatic heterocycles. The van der Waals surface area contributed by atoms with Crippen LogP contribution < -0.4 is 0 Å². The van der Waals surface area contributed by atoms with Crippen LogP contribution >= 0.6 is 0 Å². The number of hydrogen-bond acceptors (Lipinski definition) is 0. The van der Waals surface area contributed by atoms with Gasteiger partial charge >= 0.3 is 0 Å². The van der Waals surface area contributed by atoms with Gasteiger partial charge in [-0.1, -0.05) is 24.3 Å². The first kappa shape index (κ1) is 13.6. The normalized spacial score (nSPS) is 12.1. The van der Waals surface area contributed by atoms with Crippen LogP contribution in [0.2, 0.25) is 0 Å². The number of aryl methyl sites for hydroxylation is 6. The topological polar surface area (TPSA) is 0 Å². The summed E-state index contributed by atoms with van der Waals surface area (Å²) >= 11 is 0. The molecule has 0 N–H and O–H groups in total. The fraction of sp³-hybridized carbons (Fsp3) is 0.273. The largest absolute Gasteiger partial charge is 0.0511 e. The molecule has 4 aromatic carbocycles. The molecule has 0 aliphatic carbocycles. The van der Waals surface area contributed by atoms with E-state index in [9.17, 15) is 0 Å². The maximum absolute atomic E-state index is 2.40. The van der Waals surface area contributed by atoms with Gasteiger partial charge in [0.1, 0.15) is 0 Å². The molecule has 0 nitrogen and oxygen atoms in total. The van der Waals surface area contributed by atoms with Gasteiger partial charge in [0.25, 0.3) is 0 Å². The van der Waals surface area contributed by atoms with E-state index in [0.717, 1.165) is 0 Å². The van der Waals surface area contributed by atoms with E-state index in [1.165, 1.54) is 65.7 Å². The first-order valence-corrected chi connectivity index (χ1v) is 8.06. The van der Waals surface area contributed by atoms with E-state index in [2.05, 4.69) is 65.8 Å². The van der Waals surface area contributed by atoms with Crippen LogP contribution in [0, 0.1) is 41.5 Å². The van der Waals surface area contributed by atoms with Crippen LogP contribution in [0.3, 0.4) is 0 Å². The Morgan fingerprint density at radius 2 is 1.05 bits per heavy atom. The van der Waals surface area contributed by atoms with Crippen LogP contribution in [-0.4, -0.2) is 0 Å². The zero-order chi connectivity index (χ0) is 15.8. The van der Waals surface area contributed by atoms with E-state index in [4.69, 9.17) is 0 Å². The second-order valence-electron chi connectivity index (χ2n) is 6.97. The molecule has 0 heterocycles. The summed E-state index contributed by atoms with van der Waals surface area (Å²) in [6.45, 7) is 13.5. The molecule has 0 heteroatoms. The van der Waals surface area contributed by atoms with Gasteiger partial charge in [0.05, 0.1) is 0 Å². The molecule has 0 saturated heterocycles. The van der Waals surface area contributed by atoms with Crippen LogP contribution in [0.5, 0.6) is 0 Å². The van der Waals surface area contributed by atoms with Crippen LogP contribution in [0.1, 0.15) is 33.4 Å². The molecule has 4 rings (SSSR count). The highest BCUT2D eigenvalue weighted by Crippen LogP contribution is 2.42. The molecule has 0 saturated carbocycles. The van der Waals surface area contributed by atoms with Crippen molar-refractivity contribution in [2.75, 3.05) is 0 Å². The molecule has 0 fully saturated rings. The van der Waals surface area contributed by atoms with E-state index in [0.29, 0.717) is 0 Å². The highest BCUT2D eigenvalue weighted by atomic mass is 14.2. The van der Waals surface area contributed by atoms with E-state index in [-0.39, 0.29) is 0 Å². The molecule has 4 aromatic rings. The van der Waals surface area contributed by atoms with Crippen molar-refractivity contribution >= 4 is 32.3 Å². The molecule has 0 radical (unpaired) electrons. The molecule has 0 amide bonds. The first-order valence-electron chi connectivity index (χ1n) is 8.06. The van der Waals surface area contributed by atoms with Crippen molar-refractivity contribution in [2.24, 2.45) is 0 Å². The van der Waals surface area contributed by atoms with Crippen molar-refractivity contribution < 1.29 is 0 Å². The van der Waals surface area contributed by atoms with Crippen LogP contribution in [0.25, 0.3) is 32.3 Å². The molecular formula is C22H22. The van der Waals surface area contributed by atoms with Crippen molar-refractivity contribution in [2.45, 2.75) is 41.5 Å². The van der Waals surface area contributed by atoms with Gasteiger partial charge in [-0.2, -0.15) is 0 Å². The fourth-order valence-corrected chi connectivity index (χ4v) is 4.12. The predicted octanol–water partition coefficient (Wildman–Crippen LogP) is 6.43. The molecule has 0 atom stereocenters. The summed E-state index contributed by atoms with van der Waals surface area (Å²) in [5, 5.41) is 8.61. The average Bonchev–Trinajstić information content (AvgIpc) is 2.46. The van der Waals surface area contributed by atoms with E-state index >= 15 is 0 Å². The Hall–Kier alpha value is -2.08. The third-order valence-electron chi connectivity index (χ3n) is 5.57. The minimum atomic E-state index is 1.38. The Bertz CT molecular complexity index is 1060. The lowest BCUT2D eigenvalue weighted by molar-refractivity contribution is 1.36. The summed E-state index contributed by atoms with van der Waals surface area (Å²) in [5.41, 5.74) is 8.41. The summed E-state index contributed by atoms with van der Waals surface area (Å²) < 4.78 is 0. The number of benzene rings is 4. The van der Waals surface area contributed by atoms with Crippen molar-refractivity contribution in [1.82, 2.24) is 0 Å². The average molecular weight is 286 g/mol. The minimum absolute atomic E-state index is 1.38.